The van der Waals surface area contributed by atoms with Gasteiger partial charge in [0.25, 0.3) is 0 Å². The maximum absolute atomic E-state index is 12.6. The second kappa shape index (κ2) is 8.72. The normalized spacial score (nSPS) is 17.0. The molecule has 2 aromatic rings. The molecule has 1 saturated heterocycles. The molecule has 0 radical (unpaired) electrons. The van der Waals surface area contributed by atoms with Crippen LogP contribution in [0.1, 0.15) is 12.8 Å². The van der Waals surface area contributed by atoms with Gasteiger partial charge in [0.2, 0.25) is 0 Å². The van der Waals surface area contributed by atoms with Crippen LogP contribution in [0, 0.1) is 5.92 Å². The quantitative estimate of drug-likeness (QED) is 0.873. The Bertz CT molecular complexity index is 746. The Morgan fingerprint density at radius 3 is 2.69 bits per heavy atom. The van der Waals surface area contributed by atoms with E-state index in [1.54, 1.807) is 14.2 Å². The molecule has 0 spiro atoms. The first kappa shape index (κ1) is 18.3. The number of amides is 2. The average molecular weight is 354 g/mol. The fourth-order valence-electron chi connectivity index (χ4n) is 3.40. The van der Waals surface area contributed by atoms with E-state index in [1.165, 1.54) is 0 Å². The zero-order valence-electron chi connectivity index (χ0n) is 15.4. The van der Waals surface area contributed by atoms with Crippen molar-refractivity contribution in [2.75, 3.05) is 39.2 Å². The molecule has 5 nitrogen and oxygen atoms in total. The minimum Gasteiger partial charge on any atom is -0.497 e. The number of ether oxygens (including phenoxy) is 2. The van der Waals surface area contributed by atoms with E-state index in [-0.39, 0.29) is 6.03 Å². The van der Waals surface area contributed by atoms with Gasteiger partial charge < -0.3 is 19.7 Å². The molecule has 1 atom stereocenters. The Balaban J connectivity index is 1.69. The molecule has 26 heavy (non-hydrogen) atoms. The van der Waals surface area contributed by atoms with Crippen molar-refractivity contribution in [2.45, 2.75) is 12.8 Å². The van der Waals surface area contributed by atoms with E-state index in [0.29, 0.717) is 12.5 Å². The van der Waals surface area contributed by atoms with Crippen LogP contribution in [0.25, 0.3) is 11.1 Å². The number of hydrogen-bond acceptors (Lipinski definition) is 3. The number of anilines is 1. The van der Waals surface area contributed by atoms with Crippen LogP contribution in [0.4, 0.5) is 10.5 Å². The number of hydrogen-bond donors (Lipinski definition) is 1. The van der Waals surface area contributed by atoms with Gasteiger partial charge in [-0.15, -0.1) is 0 Å². The Labute approximate surface area is 154 Å². The molecule has 138 valence electrons. The van der Waals surface area contributed by atoms with E-state index in [9.17, 15) is 4.79 Å². The zero-order chi connectivity index (χ0) is 18.4. The number of benzene rings is 2. The minimum atomic E-state index is -0.0476. The molecule has 0 saturated carbocycles. The zero-order valence-corrected chi connectivity index (χ0v) is 15.4. The molecule has 1 N–H and O–H groups in total. The van der Waals surface area contributed by atoms with E-state index >= 15 is 0 Å². The third-order valence-electron chi connectivity index (χ3n) is 4.73. The molecule has 1 aliphatic heterocycles. The summed E-state index contributed by atoms with van der Waals surface area (Å²) in [5.74, 6) is 1.23. The molecule has 2 aromatic carbocycles. The number of nitrogens with zero attached hydrogens (tertiary/aromatic N) is 1. The van der Waals surface area contributed by atoms with Gasteiger partial charge in [0, 0.05) is 31.8 Å². The first-order valence-electron chi connectivity index (χ1n) is 8.99. The molecule has 0 bridgehead atoms. The summed E-state index contributed by atoms with van der Waals surface area (Å²) < 4.78 is 10.5. The van der Waals surface area contributed by atoms with Crippen molar-refractivity contribution >= 4 is 11.7 Å². The predicted octanol–water partition coefficient (Wildman–Crippen LogP) is 4.25. The van der Waals surface area contributed by atoms with Crippen molar-refractivity contribution in [1.82, 2.24) is 4.90 Å². The minimum absolute atomic E-state index is 0.0476. The number of piperidine rings is 1. The molecule has 3 rings (SSSR count). The van der Waals surface area contributed by atoms with Crippen LogP contribution >= 0.6 is 0 Å². The van der Waals surface area contributed by atoms with Crippen molar-refractivity contribution in [3.8, 4) is 16.9 Å². The Hall–Kier alpha value is -2.53. The fraction of sp³-hybridized carbons (Fsp3) is 0.381. The third-order valence-corrected chi connectivity index (χ3v) is 4.73. The smallest absolute Gasteiger partial charge is 0.321 e. The van der Waals surface area contributed by atoms with Gasteiger partial charge in [0.15, 0.2) is 0 Å². The van der Waals surface area contributed by atoms with Gasteiger partial charge in [-0.25, -0.2) is 4.79 Å². The lowest BCUT2D eigenvalue weighted by molar-refractivity contribution is 0.104. The summed E-state index contributed by atoms with van der Waals surface area (Å²) in [6.45, 7) is 2.24. The number of carbonyl (C=O) groups is 1. The molecular formula is C21H26N2O3. The van der Waals surface area contributed by atoms with E-state index in [4.69, 9.17) is 9.47 Å². The number of urea groups is 1. The Morgan fingerprint density at radius 2 is 1.92 bits per heavy atom. The summed E-state index contributed by atoms with van der Waals surface area (Å²) in [5.41, 5.74) is 2.89. The van der Waals surface area contributed by atoms with E-state index in [1.807, 2.05) is 53.4 Å². The molecular weight excluding hydrogens is 328 g/mol. The third kappa shape index (κ3) is 4.55. The maximum atomic E-state index is 12.6. The molecule has 5 heteroatoms. The highest BCUT2D eigenvalue weighted by molar-refractivity contribution is 5.90. The number of rotatable bonds is 5. The first-order chi connectivity index (χ1) is 12.7. The van der Waals surface area contributed by atoms with Gasteiger partial charge in [0.1, 0.15) is 5.75 Å². The van der Waals surface area contributed by atoms with Crippen molar-refractivity contribution in [3.63, 3.8) is 0 Å². The van der Waals surface area contributed by atoms with Gasteiger partial charge in [0.05, 0.1) is 13.7 Å². The van der Waals surface area contributed by atoms with Crippen molar-refractivity contribution < 1.29 is 14.3 Å². The standard InChI is InChI=1S/C21H26N2O3/c1-25-15-16-6-5-11-23(14-16)21(24)22-19-9-3-7-17(12-19)18-8-4-10-20(13-18)26-2/h3-4,7-10,12-13,16H,5-6,11,14-15H2,1-2H3,(H,22,24)/t16-/m0/s1. The number of carbonyl (C=O) groups excluding carboxylic acids is 1. The van der Waals surface area contributed by atoms with Crippen LogP contribution in [-0.4, -0.2) is 44.8 Å². The van der Waals surface area contributed by atoms with Gasteiger partial charge in [-0.2, -0.15) is 0 Å². The lowest BCUT2D eigenvalue weighted by Crippen LogP contribution is -2.43. The van der Waals surface area contributed by atoms with Crippen LogP contribution in [0.3, 0.4) is 0 Å². The van der Waals surface area contributed by atoms with E-state index in [0.717, 1.165) is 48.5 Å². The van der Waals surface area contributed by atoms with Crippen LogP contribution in [0.15, 0.2) is 48.5 Å². The van der Waals surface area contributed by atoms with Crippen molar-refractivity contribution in [3.05, 3.63) is 48.5 Å². The van der Waals surface area contributed by atoms with E-state index < -0.39 is 0 Å². The predicted molar refractivity (Wildman–Crippen MR) is 104 cm³/mol. The molecule has 1 heterocycles. The topological polar surface area (TPSA) is 50.8 Å². The number of methoxy groups -OCH3 is 2. The summed E-state index contributed by atoms with van der Waals surface area (Å²) in [7, 11) is 3.37. The van der Waals surface area contributed by atoms with E-state index in [2.05, 4.69) is 5.32 Å². The fourth-order valence-corrected chi connectivity index (χ4v) is 3.40. The molecule has 0 unspecified atom stereocenters. The summed E-state index contributed by atoms with van der Waals surface area (Å²) in [5, 5.41) is 3.03. The summed E-state index contributed by atoms with van der Waals surface area (Å²) in [4.78, 5) is 14.5. The maximum Gasteiger partial charge on any atom is 0.321 e. The van der Waals surface area contributed by atoms with Crippen LogP contribution < -0.4 is 10.1 Å². The highest BCUT2D eigenvalue weighted by atomic mass is 16.5. The molecule has 0 aromatic heterocycles. The SMILES string of the molecule is COC[C@H]1CCCN(C(=O)Nc2cccc(-c3cccc(OC)c3)c2)C1. The lowest BCUT2D eigenvalue weighted by Gasteiger charge is -2.32. The number of likely N-dealkylation sites (tertiary alicyclic amines) is 1. The summed E-state index contributed by atoms with van der Waals surface area (Å²) in [6.07, 6.45) is 2.13. The first-order valence-corrected chi connectivity index (χ1v) is 8.99. The lowest BCUT2D eigenvalue weighted by atomic mass is 9.99. The van der Waals surface area contributed by atoms with Crippen molar-refractivity contribution in [1.29, 1.82) is 0 Å². The largest absolute Gasteiger partial charge is 0.497 e. The number of nitrogens with one attached hydrogen (secondary N) is 1. The molecule has 1 aliphatic rings. The van der Waals surface area contributed by atoms with Gasteiger partial charge in [-0.1, -0.05) is 24.3 Å². The highest BCUT2D eigenvalue weighted by Crippen LogP contribution is 2.26. The summed E-state index contributed by atoms with van der Waals surface area (Å²) in [6, 6.07) is 15.7. The average Bonchev–Trinajstić information content (AvgIpc) is 2.69. The summed E-state index contributed by atoms with van der Waals surface area (Å²) >= 11 is 0. The molecule has 1 fully saturated rings. The van der Waals surface area contributed by atoms with Gasteiger partial charge >= 0.3 is 6.03 Å². The van der Waals surface area contributed by atoms with Crippen LogP contribution in [0.5, 0.6) is 5.75 Å². The Morgan fingerprint density at radius 1 is 1.15 bits per heavy atom. The monoisotopic (exact) mass is 354 g/mol. The van der Waals surface area contributed by atoms with Crippen LogP contribution in [-0.2, 0) is 4.74 Å². The highest BCUT2D eigenvalue weighted by Gasteiger charge is 2.23. The molecule has 2 amide bonds. The second-order valence-electron chi connectivity index (χ2n) is 6.65. The van der Waals surface area contributed by atoms with Gasteiger partial charge in [-0.05, 0) is 48.2 Å². The van der Waals surface area contributed by atoms with Crippen LogP contribution in [0.2, 0.25) is 0 Å². The Kier molecular flexibility index (Phi) is 6.12. The van der Waals surface area contributed by atoms with Gasteiger partial charge in [-0.3, -0.25) is 0 Å². The van der Waals surface area contributed by atoms with Crippen molar-refractivity contribution in [2.24, 2.45) is 5.92 Å². The second-order valence-corrected chi connectivity index (χ2v) is 6.65. The molecule has 0 aliphatic carbocycles.